The van der Waals surface area contributed by atoms with E-state index in [1.165, 1.54) is 37.4 Å². The zero-order chi connectivity index (χ0) is 26.6. The maximum atomic E-state index is 13.3. The number of benzene rings is 3. The lowest BCUT2D eigenvalue weighted by atomic mass is 10.2. The number of amides is 1. The number of phenols is 1. The molecule has 0 spiro atoms. The van der Waals surface area contributed by atoms with Crippen molar-refractivity contribution in [3.05, 3.63) is 66.7 Å². The number of hydrogen-bond acceptors (Lipinski definition) is 9. The van der Waals surface area contributed by atoms with Gasteiger partial charge in [0.2, 0.25) is 5.91 Å². The summed E-state index contributed by atoms with van der Waals surface area (Å²) in [5.41, 5.74) is 1.76. The van der Waals surface area contributed by atoms with Crippen LogP contribution in [0.25, 0.3) is 11.0 Å². The number of carbonyl (C=O) groups is 1. The minimum absolute atomic E-state index is 0.0501. The van der Waals surface area contributed by atoms with Crippen molar-refractivity contribution >= 4 is 50.0 Å². The standard InChI is InChI=1S/C25H26N6O5S/c1-31(2)15-23(33)26-16-7-6-8-20(13-16)37(34,35)30-25-24(28-21-9-4-5-10-22(21)29-25)27-17-11-18(32)14-19(12-17)36-3/h4-14,32H,15H2,1-3H3,(H,26,33)(H,27,28)(H,29,30). The first-order valence-electron chi connectivity index (χ1n) is 11.1. The number of nitrogens with one attached hydrogen (secondary N) is 3. The Bertz CT molecular complexity index is 1560. The predicted molar refractivity (Wildman–Crippen MR) is 142 cm³/mol. The molecule has 0 aliphatic carbocycles. The fourth-order valence-electron chi connectivity index (χ4n) is 3.48. The number of rotatable bonds is 9. The molecule has 4 rings (SSSR count). The first-order valence-corrected chi connectivity index (χ1v) is 12.6. The van der Waals surface area contributed by atoms with E-state index in [-0.39, 0.29) is 34.7 Å². The zero-order valence-corrected chi connectivity index (χ0v) is 21.2. The molecule has 0 saturated heterocycles. The first kappa shape index (κ1) is 25.7. The summed E-state index contributed by atoms with van der Waals surface area (Å²) in [7, 11) is 0.851. The van der Waals surface area contributed by atoms with Gasteiger partial charge in [0.1, 0.15) is 11.5 Å². The average molecular weight is 523 g/mol. The first-order chi connectivity index (χ1) is 17.6. The van der Waals surface area contributed by atoms with Gasteiger partial charge in [-0.3, -0.25) is 9.52 Å². The van der Waals surface area contributed by atoms with Crippen molar-refractivity contribution in [3.63, 3.8) is 0 Å². The summed E-state index contributed by atoms with van der Waals surface area (Å²) in [6.07, 6.45) is 0. The van der Waals surface area contributed by atoms with Crippen molar-refractivity contribution in [2.45, 2.75) is 4.90 Å². The highest BCUT2D eigenvalue weighted by molar-refractivity contribution is 7.92. The summed E-state index contributed by atoms with van der Waals surface area (Å²) in [6.45, 7) is 0.150. The molecule has 1 amide bonds. The largest absolute Gasteiger partial charge is 0.508 e. The van der Waals surface area contributed by atoms with E-state index in [1.54, 1.807) is 55.4 Å². The van der Waals surface area contributed by atoms with E-state index >= 15 is 0 Å². The van der Waals surface area contributed by atoms with E-state index in [1.807, 2.05) is 0 Å². The lowest BCUT2D eigenvalue weighted by molar-refractivity contribution is -0.116. The van der Waals surface area contributed by atoms with Crippen LogP contribution in [-0.2, 0) is 14.8 Å². The lowest BCUT2D eigenvalue weighted by Gasteiger charge is -2.15. The second kappa shape index (κ2) is 10.7. The molecule has 0 aliphatic heterocycles. The summed E-state index contributed by atoms with van der Waals surface area (Å²) in [6, 6.07) is 17.4. The van der Waals surface area contributed by atoms with Gasteiger partial charge in [0.15, 0.2) is 11.6 Å². The van der Waals surface area contributed by atoms with Gasteiger partial charge >= 0.3 is 0 Å². The van der Waals surface area contributed by atoms with Crippen LogP contribution in [-0.4, -0.2) is 62.0 Å². The van der Waals surface area contributed by atoms with Gasteiger partial charge in [-0.1, -0.05) is 18.2 Å². The number of aromatic nitrogens is 2. The van der Waals surface area contributed by atoms with Gasteiger partial charge in [-0.2, -0.15) is 0 Å². The minimum Gasteiger partial charge on any atom is -0.508 e. The van der Waals surface area contributed by atoms with Crippen molar-refractivity contribution in [2.75, 3.05) is 43.1 Å². The third-order valence-corrected chi connectivity index (χ3v) is 6.42. The topological polar surface area (TPSA) is 146 Å². The molecule has 1 heterocycles. The number of anilines is 4. The normalized spacial score (nSPS) is 11.4. The van der Waals surface area contributed by atoms with Crippen LogP contribution >= 0.6 is 0 Å². The molecule has 0 aliphatic rings. The van der Waals surface area contributed by atoms with Gasteiger partial charge < -0.3 is 25.4 Å². The second-order valence-electron chi connectivity index (χ2n) is 8.37. The van der Waals surface area contributed by atoms with Crippen LogP contribution in [0.1, 0.15) is 0 Å². The fraction of sp³-hybridized carbons (Fsp3) is 0.160. The molecular formula is C25H26N6O5S. The van der Waals surface area contributed by atoms with E-state index in [2.05, 4.69) is 25.3 Å². The summed E-state index contributed by atoms with van der Waals surface area (Å²) in [4.78, 5) is 22.7. The number of ether oxygens (including phenoxy) is 1. The molecule has 1 aromatic heterocycles. The van der Waals surface area contributed by atoms with E-state index in [9.17, 15) is 18.3 Å². The number of sulfonamides is 1. The Labute approximate surface area is 214 Å². The van der Waals surface area contributed by atoms with Gasteiger partial charge in [-0.15, -0.1) is 0 Å². The molecule has 0 atom stereocenters. The fourth-order valence-corrected chi connectivity index (χ4v) is 4.54. The molecule has 37 heavy (non-hydrogen) atoms. The van der Waals surface area contributed by atoms with E-state index in [0.29, 0.717) is 28.2 Å². The Hall–Kier alpha value is -4.42. The molecule has 4 N–H and O–H groups in total. The van der Waals surface area contributed by atoms with E-state index in [0.717, 1.165) is 0 Å². The number of aromatic hydroxyl groups is 1. The molecule has 0 unspecified atom stereocenters. The Balaban J connectivity index is 1.69. The van der Waals surface area contributed by atoms with Crippen LogP contribution in [0.5, 0.6) is 11.5 Å². The molecule has 0 radical (unpaired) electrons. The summed E-state index contributed by atoms with van der Waals surface area (Å²) >= 11 is 0. The highest BCUT2D eigenvalue weighted by Gasteiger charge is 2.20. The number of methoxy groups -OCH3 is 1. The number of para-hydroxylation sites is 2. The Morgan fingerprint density at radius 3 is 2.32 bits per heavy atom. The Morgan fingerprint density at radius 1 is 0.946 bits per heavy atom. The second-order valence-corrected chi connectivity index (χ2v) is 10.1. The zero-order valence-electron chi connectivity index (χ0n) is 20.4. The van der Waals surface area contributed by atoms with E-state index in [4.69, 9.17) is 4.74 Å². The summed E-state index contributed by atoms with van der Waals surface area (Å²) in [5, 5.41) is 15.7. The van der Waals surface area contributed by atoms with Crippen LogP contribution in [0.15, 0.2) is 71.6 Å². The van der Waals surface area contributed by atoms with Crippen molar-refractivity contribution in [1.82, 2.24) is 14.9 Å². The van der Waals surface area contributed by atoms with Crippen molar-refractivity contribution < 1.29 is 23.1 Å². The summed E-state index contributed by atoms with van der Waals surface area (Å²) in [5.74, 6) is 0.131. The van der Waals surface area contributed by atoms with Crippen molar-refractivity contribution in [3.8, 4) is 11.5 Å². The Morgan fingerprint density at radius 2 is 1.65 bits per heavy atom. The number of carbonyl (C=O) groups excluding carboxylic acids is 1. The molecule has 0 saturated carbocycles. The van der Waals surface area contributed by atoms with Crippen LogP contribution in [0, 0.1) is 0 Å². The lowest BCUT2D eigenvalue weighted by Crippen LogP contribution is -2.27. The monoisotopic (exact) mass is 522 g/mol. The third-order valence-electron chi connectivity index (χ3n) is 5.08. The molecule has 192 valence electrons. The maximum Gasteiger partial charge on any atom is 0.263 e. The van der Waals surface area contributed by atoms with Crippen LogP contribution in [0.3, 0.4) is 0 Å². The van der Waals surface area contributed by atoms with Gasteiger partial charge in [0.25, 0.3) is 10.0 Å². The molecular weight excluding hydrogens is 496 g/mol. The number of nitrogens with zero attached hydrogens (tertiary/aromatic N) is 3. The molecule has 4 aromatic rings. The molecule has 0 bridgehead atoms. The Kier molecular flexibility index (Phi) is 7.41. The molecule has 0 fully saturated rings. The minimum atomic E-state index is -4.13. The van der Waals surface area contributed by atoms with Gasteiger partial charge in [-0.05, 0) is 44.4 Å². The molecule has 12 heteroatoms. The number of likely N-dealkylation sites (N-methyl/N-ethyl adjacent to an activating group) is 1. The summed E-state index contributed by atoms with van der Waals surface area (Å²) < 4.78 is 34.3. The number of fused-ring (bicyclic) bond motifs is 1. The molecule has 11 nitrogen and oxygen atoms in total. The maximum absolute atomic E-state index is 13.3. The van der Waals surface area contributed by atoms with Crippen LogP contribution in [0.4, 0.5) is 23.0 Å². The van der Waals surface area contributed by atoms with Crippen LogP contribution < -0.4 is 20.1 Å². The van der Waals surface area contributed by atoms with Crippen LogP contribution in [0.2, 0.25) is 0 Å². The highest BCUT2D eigenvalue weighted by atomic mass is 32.2. The van der Waals surface area contributed by atoms with Gasteiger partial charge in [0.05, 0.1) is 29.6 Å². The quantitative estimate of drug-likeness (QED) is 0.260. The van der Waals surface area contributed by atoms with Gasteiger partial charge in [0, 0.05) is 29.6 Å². The third kappa shape index (κ3) is 6.42. The number of phenolic OH excluding ortho intramolecular Hbond substituents is 1. The van der Waals surface area contributed by atoms with E-state index < -0.39 is 10.0 Å². The average Bonchev–Trinajstić information content (AvgIpc) is 2.83. The predicted octanol–water partition coefficient (Wildman–Crippen LogP) is 3.39. The molecule has 3 aromatic carbocycles. The van der Waals surface area contributed by atoms with Gasteiger partial charge in [-0.25, -0.2) is 18.4 Å². The van der Waals surface area contributed by atoms with Crippen molar-refractivity contribution in [2.24, 2.45) is 0 Å². The SMILES string of the molecule is COc1cc(O)cc(Nc2nc3ccccc3nc2NS(=O)(=O)c2cccc(NC(=O)CN(C)C)c2)c1. The van der Waals surface area contributed by atoms with Crippen molar-refractivity contribution in [1.29, 1.82) is 0 Å². The number of hydrogen-bond donors (Lipinski definition) is 4. The smallest absolute Gasteiger partial charge is 0.263 e. The highest BCUT2D eigenvalue weighted by Crippen LogP contribution is 2.31.